The van der Waals surface area contributed by atoms with Crippen molar-refractivity contribution in [3.8, 4) is 0 Å². The van der Waals surface area contributed by atoms with Gasteiger partial charge in [0.1, 0.15) is 0 Å². The Balaban J connectivity index is 1.56. The summed E-state index contributed by atoms with van der Waals surface area (Å²) in [7, 11) is 0. The van der Waals surface area contributed by atoms with E-state index in [-0.39, 0.29) is 23.5 Å². The first-order valence-electron chi connectivity index (χ1n) is 8.08. The van der Waals surface area contributed by atoms with Crippen LogP contribution in [0.5, 0.6) is 0 Å². The molecule has 0 spiro atoms. The maximum absolute atomic E-state index is 12.2. The molecule has 118 valence electrons. The van der Waals surface area contributed by atoms with Crippen molar-refractivity contribution >= 4 is 29.3 Å². The number of carbonyl (C=O) groups excluding carboxylic acids is 2. The molecule has 2 amide bonds. The van der Waals surface area contributed by atoms with Crippen LogP contribution < -0.4 is 10.6 Å². The Labute approximate surface area is 135 Å². The Morgan fingerprint density at radius 1 is 1.18 bits per heavy atom. The molecule has 1 aliphatic carbocycles. The van der Waals surface area contributed by atoms with Crippen LogP contribution in [0.3, 0.4) is 0 Å². The van der Waals surface area contributed by atoms with E-state index in [1.54, 1.807) is 0 Å². The Bertz CT molecular complexity index is 553. The summed E-state index contributed by atoms with van der Waals surface area (Å²) in [6.45, 7) is 0. The molecule has 1 aliphatic heterocycles. The summed E-state index contributed by atoms with van der Waals surface area (Å²) in [5.74, 6) is -0.0707. The van der Waals surface area contributed by atoms with E-state index >= 15 is 0 Å². The molecule has 22 heavy (non-hydrogen) atoms. The smallest absolute Gasteiger partial charge is 0.238 e. The maximum Gasteiger partial charge on any atom is 0.238 e. The molecule has 3 rings (SSSR count). The fourth-order valence-corrected chi connectivity index (χ4v) is 4.22. The lowest BCUT2D eigenvalue weighted by Gasteiger charge is -2.24. The number of amides is 2. The number of thioether (sulfide) groups is 1. The monoisotopic (exact) mass is 318 g/mol. The summed E-state index contributed by atoms with van der Waals surface area (Å²) in [6, 6.07) is 8.02. The molecule has 1 atom stereocenters. The third-order valence-corrected chi connectivity index (χ3v) is 5.57. The Morgan fingerprint density at radius 3 is 2.68 bits per heavy atom. The van der Waals surface area contributed by atoms with Gasteiger partial charge in [0.05, 0.1) is 10.9 Å². The molecule has 2 aliphatic rings. The molecule has 1 fully saturated rings. The van der Waals surface area contributed by atoms with Crippen LogP contribution in [0.15, 0.2) is 29.2 Å². The lowest BCUT2D eigenvalue weighted by atomic mass is 10.1. The number of anilines is 1. The standard InChI is InChI=1S/C17H22N2O2S/c20-16(18-12-7-3-1-2-4-8-12)11-15-17(21)19-13-9-5-6-10-14(13)22-15/h5-6,9-10,12,15H,1-4,7-8,11H2,(H,18,20)(H,19,21)/t15-/m0/s1. The minimum atomic E-state index is -0.333. The van der Waals surface area contributed by atoms with Gasteiger partial charge in [-0.25, -0.2) is 0 Å². The average Bonchev–Trinajstić information content (AvgIpc) is 2.76. The van der Waals surface area contributed by atoms with Crippen LogP contribution in [0.25, 0.3) is 0 Å². The number of rotatable bonds is 3. The predicted octanol–water partition coefficient (Wildman–Crippen LogP) is 3.33. The second-order valence-corrected chi connectivity index (χ2v) is 7.30. The van der Waals surface area contributed by atoms with Gasteiger partial charge in [0.2, 0.25) is 11.8 Å². The number of hydrogen-bond donors (Lipinski definition) is 2. The number of carbonyl (C=O) groups is 2. The second-order valence-electron chi connectivity index (χ2n) is 6.05. The fourth-order valence-electron chi connectivity index (χ4n) is 3.11. The molecule has 0 aromatic heterocycles. The summed E-state index contributed by atoms with van der Waals surface area (Å²) in [5.41, 5.74) is 0.845. The number of hydrogen-bond acceptors (Lipinski definition) is 3. The molecule has 5 heteroatoms. The molecule has 0 unspecified atom stereocenters. The Morgan fingerprint density at radius 2 is 1.91 bits per heavy atom. The van der Waals surface area contributed by atoms with Crippen molar-refractivity contribution in [3.63, 3.8) is 0 Å². The van der Waals surface area contributed by atoms with Crippen molar-refractivity contribution in [2.24, 2.45) is 0 Å². The normalized spacial score (nSPS) is 22.4. The molecule has 0 radical (unpaired) electrons. The van der Waals surface area contributed by atoms with Crippen LogP contribution in [0.4, 0.5) is 5.69 Å². The Hall–Kier alpha value is -1.49. The van der Waals surface area contributed by atoms with Crippen LogP contribution in [0, 0.1) is 0 Å². The van der Waals surface area contributed by atoms with Crippen molar-refractivity contribution in [2.45, 2.75) is 61.1 Å². The second kappa shape index (κ2) is 7.18. The van der Waals surface area contributed by atoms with Crippen molar-refractivity contribution < 1.29 is 9.59 Å². The molecule has 0 saturated heterocycles. The highest BCUT2D eigenvalue weighted by Crippen LogP contribution is 2.36. The van der Waals surface area contributed by atoms with Crippen molar-refractivity contribution in [2.75, 3.05) is 5.32 Å². The van der Waals surface area contributed by atoms with Crippen LogP contribution in [0.1, 0.15) is 44.9 Å². The molecule has 1 heterocycles. The zero-order chi connectivity index (χ0) is 15.4. The summed E-state index contributed by atoms with van der Waals surface area (Å²) >= 11 is 1.49. The lowest BCUT2D eigenvalue weighted by Crippen LogP contribution is -2.39. The predicted molar refractivity (Wildman–Crippen MR) is 89.0 cm³/mol. The Kier molecular flexibility index (Phi) is 5.03. The molecule has 1 aromatic carbocycles. The van der Waals surface area contributed by atoms with Gasteiger partial charge >= 0.3 is 0 Å². The zero-order valence-electron chi connectivity index (χ0n) is 12.6. The summed E-state index contributed by atoms with van der Waals surface area (Å²) < 4.78 is 0. The van der Waals surface area contributed by atoms with Gasteiger partial charge in [-0.2, -0.15) is 0 Å². The van der Waals surface area contributed by atoms with Crippen molar-refractivity contribution in [1.82, 2.24) is 5.32 Å². The minimum Gasteiger partial charge on any atom is -0.353 e. The van der Waals surface area contributed by atoms with Gasteiger partial charge in [-0.05, 0) is 25.0 Å². The highest BCUT2D eigenvalue weighted by Gasteiger charge is 2.29. The van der Waals surface area contributed by atoms with Crippen molar-refractivity contribution in [3.05, 3.63) is 24.3 Å². The topological polar surface area (TPSA) is 58.2 Å². The highest BCUT2D eigenvalue weighted by molar-refractivity contribution is 8.01. The van der Waals surface area contributed by atoms with E-state index in [0.29, 0.717) is 6.04 Å². The average molecular weight is 318 g/mol. The van der Waals surface area contributed by atoms with E-state index in [0.717, 1.165) is 23.4 Å². The number of fused-ring (bicyclic) bond motifs is 1. The highest BCUT2D eigenvalue weighted by atomic mass is 32.2. The molecular formula is C17H22N2O2S. The minimum absolute atomic E-state index is 0.000990. The summed E-state index contributed by atoms with van der Waals surface area (Å²) in [5, 5.41) is 5.67. The van der Waals surface area contributed by atoms with Crippen LogP contribution >= 0.6 is 11.8 Å². The number of nitrogens with one attached hydrogen (secondary N) is 2. The van der Waals surface area contributed by atoms with Gasteiger partial charge < -0.3 is 10.6 Å². The maximum atomic E-state index is 12.2. The molecular weight excluding hydrogens is 296 g/mol. The molecule has 4 nitrogen and oxygen atoms in total. The van der Waals surface area contributed by atoms with E-state index in [1.807, 2.05) is 24.3 Å². The van der Waals surface area contributed by atoms with Gasteiger partial charge in [-0.1, -0.05) is 37.8 Å². The molecule has 1 saturated carbocycles. The third kappa shape index (κ3) is 3.83. The molecule has 2 N–H and O–H groups in total. The largest absolute Gasteiger partial charge is 0.353 e. The summed E-state index contributed by atoms with van der Waals surface area (Å²) in [4.78, 5) is 25.4. The number of para-hydroxylation sites is 1. The van der Waals surface area contributed by atoms with Gasteiger partial charge in [-0.15, -0.1) is 11.8 Å². The van der Waals surface area contributed by atoms with Gasteiger partial charge in [-0.3, -0.25) is 9.59 Å². The van der Waals surface area contributed by atoms with Crippen LogP contribution in [-0.2, 0) is 9.59 Å². The fraction of sp³-hybridized carbons (Fsp3) is 0.529. The zero-order valence-corrected chi connectivity index (χ0v) is 13.5. The quantitative estimate of drug-likeness (QED) is 0.841. The first-order valence-corrected chi connectivity index (χ1v) is 8.96. The van der Waals surface area contributed by atoms with E-state index in [1.165, 1.54) is 37.4 Å². The third-order valence-electron chi connectivity index (χ3n) is 4.30. The molecule has 1 aromatic rings. The van der Waals surface area contributed by atoms with Gasteiger partial charge in [0.25, 0.3) is 0 Å². The van der Waals surface area contributed by atoms with E-state index < -0.39 is 0 Å². The van der Waals surface area contributed by atoms with Gasteiger partial charge in [0, 0.05) is 17.4 Å². The van der Waals surface area contributed by atoms with Crippen LogP contribution in [0.2, 0.25) is 0 Å². The van der Waals surface area contributed by atoms with Crippen molar-refractivity contribution in [1.29, 1.82) is 0 Å². The van der Waals surface area contributed by atoms with E-state index in [9.17, 15) is 9.59 Å². The number of benzene rings is 1. The molecule has 0 bridgehead atoms. The van der Waals surface area contributed by atoms with Gasteiger partial charge in [0.15, 0.2) is 0 Å². The van der Waals surface area contributed by atoms with E-state index in [2.05, 4.69) is 10.6 Å². The van der Waals surface area contributed by atoms with Crippen LogP contribution in [-0.4, -0.2) is 23.1 Å². The van der Waals surface area contributed by atoms with E-state index in [4.69, 9.17) is 0 Å². The lowest BCUT2D eigenvalue weighted by molar-refractivity contribution is -0.124. The SMILES string of the molecule is O=C(C[C@@H]1Sc2ccccc2NC1=O)NC1CCCCCC1. The first-order chi connectivity index (χ1) is 10.7. The first kappa shape index (κ1) is 15.4. The summed E-state index contributed by atoms with van der Waals surface area (Å²) in [6.07, 6.45) is 7.31.